The first-order valence-electron chi connectivity index (χ1n) is 9.38. The van der Waals surface area contributed by atoms with Crippen molar-refractivity contribution < 1.29 is 9.18 Å². The third-order valence-corrected chi connectivity index (χ3v) is 5.29. The maximum Gasteiger partial charge on any atom is 0.332 e. The lowest BCUT2D eigenvalue weighted by Gasteiger charge is -2.28. The number of amides is 1. The van der Waals surface area contributed by atoms with Crippen LogP contribution in [0.4, 0.5) is 4.39 Å². The average molecular weight is 401 g/mol. The molecule has 0 aliphatic carbocycles. The Labute approximate surface area is 166 Å². The van der Waals surface area contributed by atoms with E-state index >= 15 is 0 Å². The largest absolute Gasteiger partial charge is 0.339 e. The van der Waals surface area contributed by atoms with Crippen LogP contribution in [0.25, 0.3) is 11.2 Å². The van der Waals surface area contributed by atoms with E-state index in [2.05, 4.69) is 4.98 Å². The predicted molar refractivity (Wildman–Crippen MR) is 107 cm³/mol. The van der Waals surface area contributed by atoms with Crippen LogP contribution >= 0.6 is 0 Å². The average Bonchev–Trinajstić information content (AvgIpc) is 3.14. The van der Waals surface area contributed by atoms with Gasteiger partial charge in [0.15, 0.2) is 11.2 Å². The number of carbonyl (C=O) groups excluding carboxylic acids is 1. The fraction of sp³-hybridized carbons (Fsp3) is 0.400. The van der Waals surface area contributed by atoms with Crippen molar-refractivity contribution in [2.75, 3.05) is 7.05 Å². The molecule has 3 aromatic rings. The van der Waals surface area contributed by atoms with Crippen LogP contribution in [0.5, 0.6) is 0 Å². The van der Waals surface area contributed by atoms with Gasteiger partial charge in [0.25, 0.3) is 5.56 Å². The summed E-state index contributed by atoms with van der Waals surface area (Å²) in [5.41, 5.74) is 0.543. The summed E-state index contributed by atoms with van der Waals surface area (Å²) in [6.07, 6.45) is 2.31. The van der Waals surface area contributed by atoms with Crippen molar-refractivity contribution in [3.05, 3.63) is 62.8 Å². The maximum atomic E-state index is 13.2. The fourth-order valence-corrected chi connectivity index (χ4v) is 3.55. The molecule has 1 atom stereocenters. The van der Waals surface area contributed by atoms with Gasteiger partial charge in [-0.3, -0.25) is 18.7 Å². The molecule has 0 N–H and O–H groups in total. The van der Waals surface area contributed by atoms with E-state index < -0.39 is 11.2 Å². The third-order valence-electron chi connectivity index (χ3n) is 5.29. The van der Waals surface area contributed by atoms with E-state index in [1.807, 2.05) is 6.92 Å². The summed E-state index contributed by atoms with van der Waals surface area (Å²) in [6, 6.07) is 5.96. The fourth-order valence-electron chi connectivity index (χ4n) is 3.55. The zero-order valence-electron chi connectivity index (χ0n) is 16.9. The van der Waals surface area contributed by atoms with Crippen molar-refractivity contribution in [1.82, 2.24) is 23.6 Å². The molecule has 2 aromatic heterocycles. The van der Waals surface area contributed by atoms with Gasteiger partial charge in [-0.25, -0.2) is 14.2 Å². The minimum atomic E-state index is -0.450. The van der Waals surface area contributed by atoms with E-state index in [9.17, 15) is 18.8 Å². The number of benzene rings is 1. The van der Waals surface area contributed by atoms with E-state index in [1.54, 1.807) is 35.7 Å². The van der Waals surface area contributed by atoms with E-state index in [4.69, 9.17) is 0 Å². The topological polar surface area (TPSA) is 82.1 Å². The summed E-state index contributed by atoms with van der Waals surface area (Å²) in [6.45, 7) is 2.22. The summed E-state index contributed by atoms with van der Waals surface area (Å²) in [5, 5.41) is 0. The normalized spacial score (nSPS) is 12.3. The summed E-state index contributed by atoms with van der Waals surface area (Å²) in [4.78, 5) is 43.1. The molecule has 154 valence electrons. The Morgan fingerprint density at radius 2 is 1.83 bits per heavy atom. The molecule has 9 heteroatoms. The van der Waals surface area contributed by atoms with E-state index in [-0.39, 0.29) is 41.9 Å². The Bertz CT molecular complexity index is 1160. The first-order chi connectivity index (χ1) is 13.8. The number of hydrogen-bond acceptors (Lipinski definition) is 4. The molecule has 3 rings (SSSR count). The number of aromatic nitrogens is 4. The van der Waals surface area contributed by atoms with E-state index in [0.29, 0.717) is 6.42 Å². The maximum absolute atomic E-state index is 13.2. The molecule has 0 saturated heterocycles. The Morgan fingerprint density at radius 1 is 1.17 bits per heavy atom. The van der Waals surface area contributed by atoms with Crippen LogP contribution in [0.3, 0.4) is 0 Å². The zero-order chi connectivity index (χ0) is 21.3. The van der Waals surface area contributed by atoms with Gasteiger partial charge in [0, 0.05) is 34.1 Å². The van der Waals surface area contributed by atoms with Gasteiger partial charge in [-0.1, -0.05) is 19.1 Å². The molecule has 8 nitrogen and oxygen atoms in total. The SMILES string of the molecule is CC[C@H](c1ccc(F)cc1)N(C)C(=O)CCn1cnc2c1c(=O)n(C)c(=O)n2C. The van der Waals surface area contributed by atoms with Crippen LogP contribution in [-0.2, 0) is 25.4 Å². The Kier molecular flexibility index (Phi) is 5.67. The Balaban J connectivity index is 1.81. The molecular weight excluding hydrogens is 377 g/mol. The first kappa shape index (κ1) is 20.5. The number of carbonyl (C=O) groups is 1. The van der Waals surface area contributed by atoms with Crippen LogP contribution < -0.4 is 11.2 Å². The Hall–Kier alpha value is -3.23. The highest BCUT2D eigenvalue weighted by Crippen LogP contribution is 2.24. The van der Waals surface area contributed by atoms with Crippen LogP contribution in [0, 0.1) is 5.82 Å². The predicted octanol–water partition coefficient (Wildman–Crippen LogP) is 1.57. The standard InChI is InChI=1S/C20H24FN5O3/c1-5-15(13-6-8-14(21)9-7-13)23(2)16(27)10-11-26-12-22-18-17(26)19(28)25(4)20(29)24(18)3/h6-9,12,15H,5,10-11H2,1-4H3/t15-/m1/s1. The summed E-state index contributed by atoms with van der Waals surface area (Å²) >= 11 is 0. The third kappa shape index (κ3) is 3.72. The number of nitrogens with zero attached hydrogens (tertiary/aromatic N) is 5. The van der Waals surface area contributed by atoms with Crippen molar-refractivity contribution in [2.24, 2.45) is 14.1 Å². The highest BCUT2D eigenvalue weighted by Gasteiger charge is 2.21. The lowest BCUT2D eigenvalue weighted by Crippen LogP contribution is -2.37. The molecule has 29 heavy (non-hydrogen) atoms. The molecule has 0 unspecified atom stereocenters. The first-order valence-corrected chi connectivity index (χ1v) is 9.38. The molecule has 0 saturated carbocycles. The highest BCUT2D eigenvalue weighted by molar-refractivity contribution is 5.77. The van der Waals surface area contributed by atoms with Gasteiger partial charge in [-0.2, -0.15) is 0 Å². The van der Waals surface area contributed by atoms with E-state index in [0.717, 1.165) is 10.1 Å². The van der Waals surface area contributed by atoms with Gasteiger partial charge in [-0.05, 0) is 24.1 Å². The van der Waals surface area contributed by atoms with Crippen LogP contribution in [0.15, 0.2) is 40.2 Å². The van der Waals surface area contributed by atoms with Gasteiger partial charge in [-0.15, -0.1) is 0 Å². The van der Waals surface area contributed by atoms with Crippen LogP contribution in [-0.4, -0.2) is 36.5 Å². The quantitative estimate of drug-likeness (QED) is 0.628. The molecule has 0 bridgehead atoms. The smallest absolute Gasteiger partial charge is 0.332 e. The second-order valence-corrected chi connectivity index (χ2v) is 7.05. The molecule has 2 heterocycles. The molecule has 0 aliphatic heterocycles. The Morgan fingerprint density at radius 3 is 2.45 bits per heavy atom. The number of fused-ring (bicyclic) bond motifs is 1. The molecular formula is C20H24FN5O3. The van der Waals surface area contributed by atoms with Gasteiger partial charge in [0.1, 0.15) is 5.82 Å². The van der Waals surface area contributed by atoms with Gasteiger partial charge in [0.2, 0.25) is 5.91 Å². The second-order valence-electron chi connectivity index (χ2n) is 7.05. The minimum absolute atomic E-state index is 0.107. The molecule has 0 spiro atoms. The number of hydrogen-bond donors (Lipinski definition) is 0. The zero-order valence-corrected chi connectivity index (χ0v) is 16.9. The highest BCUT2D eigenvalue weighted by atomic mass is 19.1. The van der Waals surface area contributed by atoms with Crippen molar-refractivity contribution in [3.8, 4) is 0 Å². The number of aryl methyl sites for hydroxylation is 2. The summed E-state index contributed by atoms with van der Waals surface area (Å²) in [5.74, 6) is -0.426. The van der Waals surface area contributed by atoms with Crippen molar-refractivity contribution in [1.29, 1.82) is 0 Å². The number of rotatable bonds is 6. The van der Waals surface area contributed by atoms with Crippen molar-refractivity contribution in [3.63, 3.8) is 0 Å². The van der Waals surface area contributed by atoms with Gasteiger partial charge >= 0.3 is 5.69 Å². The van der Waals surface area contributed by atoms with Crippen LogP contribution in [0.1, 0.15) is 31.4 Å². The van der Waals surface area contributed by atoms with Crippen molar-refractivity contribution in [2.45, 2.75) is 32.4 Å². The molecule has 0 aliphatic rings. The number of imidazole rings is 1. The monoisotopic (exact) mass is 401 g/mol. The second kappa shape index (κ2) is 8.02. The summed E-state index contributed by atoms with van der Waals surface area (Å²) in [7, 11) is 4.68. The number of halogens is 1. The van der Waals surface area contributed by atoms with Crippen molar-refractivity contribution >= 4 is 17.1 Å². The molecule has 1 amide bonds. The van der Waals surface area contributed by atoms with Gasteiger partial charge in [0.05, 0.1) is 12.4 Å². The van der Waals surface area contributed by atoms with Crippen LogP contribution in [0.2, 0.25) is 0 Å². The van der Waals surface area contributed by atoms with E-state index in [1.165, 1.54) is 30.1 Å². The minimum Gasteiger partial charge on any atom is -0.339 e. The molecule has 0 radical (unpaired) electrons. The summed E-state index contributed by atoms with van der Waals surface area (Å²) < 4.78 is 17.1. The molecule has 0 fully saturated rings. The van der Waals surface area contributed by atoms with Gasteiger partial charge < -0.3 is 9.47 Å². The lowest BCUT2D eigenvalue weighted by atomic mass is 10.0. The lowest BCUT2D eigenvalue weighted by molar-refractivity contribution is -0.132. The molecule has 1 aromatic carbocycles.